The van der Waals surface area contributed by atoms with Gasteiger partial charge in [-0.05, 0) is 61.0 Å². The Labute approximate surface area is 192 Å². The van der Waals surface area contributed by atoms with Gasteiger partial charge in [-0.15, -0.1) is 0 Å². The van der Waals surface area contributed by atoms with Gasteiger partial charge in [0.05, 0.1) is 23.3 Å². The van der Waals surface area contributed by atoms with E-state index in [2.05, 4.69) is 10.4 Å². The first-order chi connectivity index (χ1) is 15.8. The summed E-state index contributed by atoms with van der Waals surface area (Å²) in [7, 11) is -1.82. The normalized spacial score (nSPS) is 11.2. The summed E-state index contributed by atoms with van der Waals surface area (Å²) < 4.78 is 30.8. The highest BCUT2D eigenvalue weighted by atomic mass is 32.2. The van der Waals surface area contributed by atoms with Crippen LogP contribution in [-0.4, -0.2) is 37.5 Å². The fraction of sp³-hybridized carbons (Fsp3) is 0.120. The molecule has 4 rings (SSSR count). The molecule has 168 valence electrons. The van der Waals surface area contributed by atoms with Crippen molar-refractivity contribution in [1.29, 1.82) is 0 Å². The minimum atomic E-state index is -3.41. The molecule has 33 heavy (non-hydrogen) atoms. The molecule has 0 aliphatic heterocycles. The van der Waals surface area contributed by atoms with Gasteiger partial charge in [0.15, 0.2) is 9.84 Å². The molecule has 0 atom stereocenters. The van der Waals surface area contributed by atoms with Crippen molar-refractivity contribution in [2.45, 2.75) is 11.8 Å². The summed E-state index contributed by atoms with van der Waals surface area (Å²) in [5, 5.41) is 7.52. The van der Waals surface area contributed by atoms with Crippen LogP contribution >= 0.6 is 0 Å². The summed E-state index contributed by atoms with van der Waals surface area (Å²) in [5.41, 5.74) is 3.58. The van der Waals surface area contributed by atoms with E-state index in [1.807, 2.05) is 42.5 Å². The second-order valence-corrected chi connectivity index (χ2v) is 9.62. The van der Waals surface area contributed by atoms with Crippen LogP contribution in [-0.2, 0) is 9.84 Å². The Morgan fingerprint density at radius 1 is 1.00 bits per heavy atom. The number of methoxy groups -OCH3 is 1. The molecule has 0 bridgehead atoms. The third-order valence-electron chi connectivity index (χ3n) is 5.23. The number of ether oxygens (including phenoxy) is 1. The number of nitrogens with one attached hydrogen (secondary N) is 1. The van der Waals surface area contributed by atoms with E-state index in [0.29, 0.717) is 22.7 Å². The van der Waals surface area contributed by atoms with Gasteiger partial charge >= 0.3 is 0 Å². The molecule has 0 radical (unpaired) electrons. The second-order valence-electron chi connectivity index (χ2n) is 7.60. The minimum Gasteiger partial charge on any atom is -0.497 e. The van der Waals surface area contributed by atoms with E-state index in [9.17, 15) is 13.2 Å². The first kappa shape index (κ1) is 22.3. The molecule has 0 saturated carbocycles. The number of aryl methyl sites for hydroxylation is 1. The zero-order valence-electron chi connectivity index (χ0n) is 18.4. The van der Waals surface area contributed by atoms with Crippen molar-refractivity contribution in [3.05, 3.63) is 90.1 Å². The molecule has 0 spiro atoms. The number of para-hydroxylation sites is 1. The Morgan fingerprint density at radius 3 is 2.33 bits per heavy atom. The summed E-state index contributed by atoms with van der Waals surface area (Å²) in [6.07, 6.45) is 2.80. The van der Waals surface area contributed by atoms with Crippen molar-refractivity contribution >= 4 is 21.4 Å². The maximum absolute atomic E-state index is 13.4. The van der Waals surface area contributed by atoms with Crippen molar-refractivity contribution < 1.29 is 17.9 Å². The van der Waals surface area contributed by atoms with Crippen molar-refractivity contribution in [2.24, 2.45) is 0 Å². The maximum Gasteiger partial charge on any atom is 0.259 e. The zero-order chi connectivity index (χ0) is 23.6. The molecule has 4 aromatic rings. The van der Waals surface area contributed by atoms with E-state index in [0.717, 1.165) is 23.1 Å². The number of anilines is 1. The smallest absolute Gasteiger partial charge is 0.259 e. The topological polar surface area (TPSA) is 90.3 Å². The molecule has 0 fully saturated rings. The van der Waals surface area contributed by atoms with Gasteiger partial charge in [0.25, 0.3) is 5.91 Å². The van der Waals surface area contributed by atoms with E-state index < -0.39 is 15.7 Å². The van der Waals surface area contributed by atoms with Gasteiger partial charge in [0.1, 0.15) is 11.4 Å². The molecule has 3 aromatic carbocycles. The third-order valence-corrected chi connectivity index (χ3v) is 6.34. The van der Waals surface area contributed by atoms with Crippen molar-refractivity contribution in [2.75, 3.05) is 18.7 Å². The van der Waals surface area contributed by atoms with Gasteiger partial charge < -0.3 is 10.1 Å². The van der Waals surface area contributed by atoms with Crippen LogP contribution in [0.2, 0.25) is 0 Å². The summed E-state index contributed by atoms with van der Waals surface area (Å²) in [4.78, 5) is 13.5. The van der Waals surface area contributed by atoms with Crippen LogP contribution in [0.15, 0.2) is 83.9 Å². The number of hydrogen-bond donors (Lipinski definition) is 1. The Kier molecular flexibility index (Phi) is 6.02. The first-order valence-corrected chi connectivity index (χ1v) is 12.1. The van der Waals surface area contributed by atoms with E-state index in [4.69, 9.17) is 4.74 Å². The number of aromatic nitrogens is 2. The molecular formula is C25H23N3O4S. The average molecular weight is 462 g/mol. The highest BCUT2D eigenvalue weighted by Crippen LogP contribution is 2.28. The van der Waals surface area contributed by atoms with Crippen molar-refractivity contribution in [1.82, 2.24) is 9.78 Å². The molecule has 0 aliphatic carbocycles. The molecule has 1 N–H and O–H groups in total. The number of sulfone groups is 1. The Morgan fingerprint density at radius 2 is 1.70 bits per heavy atom. The lowest BCUT2D eigenvalue weighted by atomic mass is 10.1. The fourth-order valence-corrected chi connectivity index (χ4v) is 4.02. The second kappa shape index (κ2) is 8.91. The highest BCUT2D eigenvalue weighted by molar-refractivity contribution is 7.90. The molecule has 0 aliphatic rings. The van der Waals surface area contributed by atoms with Crippen LogP contribution in [0.5, 0.6) is 5.75 Å². The lowest BCUT2D eigenvalue weighted by Crippen LogP contribution is -2.14. The number of carbonyl (C=O) groups is 1. The maximum atomic E-state index is 13.4. The minimum absolute atomic E-state index is 0.138. The Bertz CT molecular complexity index is 1410. The molecule has 0 saturated heterocycles. The predicted molar refractivity (Wildman–Crippen MR) is 128 cm³/mol. The van der Waals surface area contributed by atoms with Gasteiger partial charge in [-0.25, -0.2) is 13.1 Å². The molecule has 7 nitrogen and oxygen atoms in total. The third kappa shape index (κ3) is 4.80. The molecule has 1 aromatic heterocycles. The number of carbonyl (C=O) groups excluding carboxylic acids is 1. The van der Waals surface area contributed by atoms with Gasteiger partial charge in [0, 0.05) is 23.7 Å². The van der Waals surface area contributed by atoms with Gasteiger partial charge in [-0.1, -0.05) is 24.3 Å². The number of rotatable bonds is 6. The Hall–Kier alpha value is -3.91. The van der Waals surface area contributed by atoms with Gasteiger partial charge in [-0.2, -0.15) is 5.10 Å². The van der Waals surface area contributed by atoms with Crippen LogP contribution < -0.4 is 10.1 Å². The summed E-state index contributed by atoms with van der Waals surface area (Å²) in [5.74, 6) is 0.303. The molecule has 1 amide bonds. The predicted octanol–water partition coefficient (Wildman–Crippen LogP) is 4.51. The number of hydrogen-bond acceptors (Lipinski definition) is 5. The zero-order valence-corrected chi connectivity index (χ0v) is 19.3. The van der Waals surface area contributed by atoms with E-state index in [1.54, 1.807) is 43.1 Å². The van der Waals surface area contributed by atoms with Crippen LogP contribution in [0, 0.1) is 6.92 Å². The van der Waals surface area contributed by atoms with E-state index >= 15 is 0 Å². The largest absolute Gasteiger partial charge is 0.497 e. The molecular weight excluding hydrogens is 438 g/mol. The number of amides is 1. The summed E-state index contributed by atoms with van der Waals surface area (Å²) >= 11 is 0. The van der Waals surface area contributed by atoms with E-state index in [1.165, 1.54) is 12.1 Å². The van der Waals surface area contributed by atoms with Crippen molar-refractivity contribution in [3.63, 3.8) is 0 Å². The average Bonchev–Trinajstić information content (AvgIpc) is 3.26. The van der Waals surface area contributed by atoms with E-state index in [-0.39, 0.29) is 4.90 Å². The van der Waals surface area contributed by atoms with Crippen LogP contribution in [0.4, 0.5) is 5.69 Å². The standard InChI is InChI=1S/C25H23N3O4S/c1-17-9-14-21(33(3,30)31)15-23(17)26-25(29)22-16-28(19-7-5-4-6-8-19)27-24(22)18-10-12-20(32-2)13-11-18/h4-16H,1-3H3,(H,26,29). The molecule has 0 unspecified atom stereocenters. The summed E-state index contributed by atoms with van der Waals surface area (Å²) in [6, 6.07) is 21.4. The fourth-order valence-electron chi connectivity index (χ4n) is 3.37. The highest BCUT2D eigenvalue weighted by Gasteiger charge is 2.20. The number of nitrogens with zero attached hydrogens (tertiary/aromatic N) is 2. The van der Waals surface area contributed by atoms with Crippen molar-refractivity contribution in [3.8, 4) is 22.7 Å². The van der Waals surface area contributed by atoms with Crippen LogP contribution in [0.3, 0.4) is 0 Å². The first-order valence-electron chi connectivity index (χ1n) is 10.2. The summed E-state index contributed by atoms with van der Waals surface area (Å²) in [6.45, 7) is 1.81. The Balaban J connectivity index is 1.77. The lowest BCUT2D eigenvalue weighted by Gasteiger charge is -2.10. The quantitative estimate of drug-likeness (QED) is 0.456. The SMILES string of the molecule is COc1ccc(-c2nn(-c3ccccc3)cc2C(=O)Nc2cc(S(C)(=O)=O)ccc2C)cc1. The van der Waals surface area contributed by atoms with Crippen LogP contribution in [0.25, 0.3) is 16.9 Å². The lowest BCUT2D eigenvalue weighted by molar-refractivity contribution is 0.102. The van der Waals surface area contributed by atoms with Gasteiger partial charge in [0.2, 0.25) is 0 Å². The van der Waals surface area contributed by atoms with Gasteiger partial charge in [-0.3, -0.25) is 4.79 Å². The molecule has 8 heteroatoms. The monoisotopic (exact) mass is 461 g/mol. The van der Waals surface area contributed by atoms with Crippen LogP contribution in [0.1, 0.15) is 15.9 Å². The number of benzene rings is 3. The molecule has 1 heterocycles.